The molecular weight excluding hydrogens is 180 g/mol. The first-order chi connectivity index (χ1) is 6.83. The van der Waals surface area contributed by atoms with Gasteiger partial charge < -0.3 is 15.0 Å². The Hall–Kier alpha value is -0.610. The Balaban J connectivity index is 1.92. The van der Waals surface area contributed by atoms with Crippen LogP contribution in [0.25, 0.3) is 0 Å². The Morgan fingerprint density at radius 2 is 2.36 bits per heavy atom. The lowest BCUT2D eigenvalue weighted by molar-refractivity contribution is -0.144. The molecule has 0 aliphatic carbocycles. The molecule has 0 radical (unpaired) electrons. The highest BCUT2D eigenvalue weighted by atomic mass is 16.5. The maximum absolute atomic E-state index is 12.0. The topological polar surface area (TPSA) is 41.6 Å². The van der Waals surface area contributed by atoms with Crippen molar-refractivity contribution in [1.82, 2.24) is 10.2 Å². The molecule has 0 aromatic carbocycles. The van der Waals surface area contributed by atoms with Crippen molar-refractivity contribution in [2.24, 2.45) is 0 Å². The van der Waals surface area contributed by atoms with Gasteiger partial charge >= 0.3 is 0 Å². The molecule has 0 bridgehead atoms. The van der Waals surface area contributed by atoms with E-state index in [4.69, 9.17) is 4.74 Å². The zero-order chi connectivity index (χ0) is 9.97. The van der Waals surface area contributed by atoms with E-state index < -0.39 is 0 Å². The van der Waals surface area contributed by atoms with Crippen molar-refractivity contribution < 1.29 is 9.53 Å². The van der Waals surface area contributed by atoms with Crippen LogP contribution in [0.5, 0.6) is 0 Å². The Labute approximate surface area is 84.6 Å². The number of carbonyl (C=O) groups excluding carboxylic acids is 1. The molecule has 2 saturated heterocycles. The van der Waals surface area contributed by atoms with Crippen LogP contribution in [0.4, 0.5) is 0 Å². The van der Waals surface area contributed by atoms with E-state index in [1.807, 2.05) is 11.8 Å². The highest BCUT2D eigenvalue weighted by Crippen LogP contribution is 2.17. The maximum atomic E-state index is 12.0. The van der Waals surface area contributed by atoms with Crippen LogP contribution >= 0.6 is 0 Å². The molecule has 2 rings (SSSR count). The summed E-state index contributed by atoms with van der Waals surface area (Å²) >= 11 is 0. The van der Waals surface area contributed by atoms with Gasteiger partial charge in [0.2, 0.25) is 0 Å². The van der Waals surface area contributed by atoms with Crippen LogP contribution in [-0.4, -0.2) is 49.2 Å². The number of hydrogen-bond acceptors (Lipinski definition) is 3. The molecule has 2 fully saturated rings. The summed E-state index contributed by atoms with van der Waals surface area (Å²) in [5.74, 6) is 0.191. The predicted molar refractivity (Wildman–Crippen MR) is 53.0 cm³/mol. The van der Waals surface area contributed by atoms with Crippen LogP contribution in [0.3, 0.4) is 0 Å². The average molecular weight is 198 g/mol. The number of carbonyl (C=O) groups is 1. The number of hydrogen-bond donors (Lipinski definition) is 1. The smallest absolute Gasteiger partial charge is 0.252 e. The lowest BCUT2D eigenvalue weighted by atomic mass is 10.1. The van der Waals surface area contributed by atoms with E-state index in [-0.39, 0.29) is 12.0 Å². The minimum atomic E-state index is -0.157. The minimum absolute atomic E-state index is 0.157. The van der Waals surface area contributed by atoms with Gasteiger partial charge in [-0.1, -0.05) is 0 Å². The van der Waals surface area contributed by atoms with E-state index in [1.165, 1.54) is 0 Å². The van der Waals surface area contributed by atoms with Gasteiger partial charge in [-0.05, 0) is 19.8 Å². The zero-order valence-corrected chi connectivity index (χ0v) is 8.66. The third-order valence-electron chi connectivity index (χ3n) is 3.03. The fourth-order valence-electron chi connectivity index (χ4n) is 2.05. The van der Waals surface area contributed by atoms with Gasteiger partial charge in [0.15, 0.2) is 0 Å². The largest absolute Gasteiger partial charge is 0.368 e. The number of ether oxygens (including phenoxy) is 1. The Morgan fingerprint density at radius 1 is 1.57 bits per heavy atom. The summed E-state index contributed by atoms with van der Waals surface area (Å²) in [5.41, 5.74) is 0. The number of likely N-dealkylation sites (N-methyl/N-ethyl adjacent to an activating group) is 1. The quantitative estimate of drug-likeness (QED) is 0.693. The van der Waals surface area contributed by atoms with E-state index in [0.717, 1.165) is 39.1 Å². The molecular formula is C10H18N2O2. The number of rotatable bonds is 3. The summed E-state index contributed by atoms with van der Waals surface area (Å²) in [5, 5.41) is 3.19. The van der Waals surface area contributed by atoms with Crippen molar-refractivity contribution in [2.45, 2.75) is 31.9 Å². The molecule has 2 aliphatic heterocycles. The summed E-state index contributed by atoms with van der Waals surface area (Å²) in [7, 11) is 0. The molecule has 1 amide bonds. The van der Waals surface area contributed by atoms with Crippen molar-refractivity contribution in [3.05, 3.63) is 0 Å². The number of nitrogens with one attached hydrogen (secondary N) is 1. The highest BCUT2D eigenvalue weighted by molar-refractivity contribution is 5.81. The molecule has 0 aromatic heterocycles. The van der Waals surface area contributed by atoms with Crippen molar-refractivity contribution in [3.8, 4) is 0 Å². The molecule has 2 heterocycles. The van der Waals surface area contributed by atoms with Gasteiger partial charge in [-0.3, -0.25) is 4.79 Å². The van der Waals surface area contributed by atoms with E-state index >= 15 is 0 Å². The molecule has 4 nitrogen and oxygen atoms in total. The van der Waals surface area contributed by atoms with E-state index in [0.29, 0.717) is 6.04 Å². The molecule has 0 unspecified atom stereocenters. The second-order valence-electron chi connectivity index (χ2n) is 3.94. The van der Waals surface area contributed by atoms with E-state index in [9.17, 15) is 4.79 Å². The highest BCUT2D eigenvalue weighted by Gasteiger charge is 2.33. The molecule has 4 heteroatoms. The van der Waals surface area contributed by atoms with Crippen LogP contribution in [-0.2, 0) is 9.53 Å². The first-order valence-electron chi connectivity index (χ1n) is 5.45. The van der Waals surface area contributed by atoms with Gasteiger partial charge in [-0.2, -0.15) is 0 Å². The lowest BCUT2D eigenvalue weighted by Crippen LogP contribution is -2.60. The van der Waals surface area contributed by atoms with Gasteiger partial charge in [0.1, 0.15) is 6.10 Å². The predicted octanol–water partition coefficient (Wildman–Crippen LogP) is -0.0143. The van der Waals surface area contributed by atoms with E-state index in [2.05, 4.69) is 5.32 Å². The Bertz CT molecular complexity index is 210. The van der Waals surface area contributed by atoms with Gasteiger partial charge in [0.05, 0.1) is 6.04 Å². The molecule has 1 atom stereocenters. The average Bonchev–Trinajstić information content (AvgIpc) is 2.62. The van der Waals surface area contributed by atoms with Crippen LogP contribution in [0.15, 0.2) is 0 Å². The SMILES string of the molecule is CCN(C(=O)[C@H]1CCCO1)C1CNC1. The molecule has 0 spiro atoms. The third-order valence-corrected chi connectivity index (χ3v) is 3.03. The third kappa shape index (κ3) is 1.77. The van der Waals surface area contributed by atoms with Crippen molar-refractivity contribution >= 4 is 5.91 Å². The maximum Gasteiger partial charge on any atom is 0.252 e. The Morgan fingerprint density at radius 3 is 2.79 bits per heavy atom. The first kappa shape index (κ1) is 9.93. The monoisotopic (exact) mass is 198 g/mol. The molecule has 2 aliphatic rings. The van der Waals surface area contributed by atoms with Crippen LogP contribution in [0, 0.1) is 0 Å². The fraction of sp³-hybridized carbons (Fsp3) is 0.900. The zero-order valence-electron chi connectivity index (χ0n) is 8.66. The van der Waals surface area contributed by atoms with Gasteiger partial charge in [-0.25, -0.2) is 0 Å². The van der Waals surface area contributed by atoms with Gasteiger partial charge in [-0.15, -0.1) is 0 Å². The normalized spacial score (nSPS) is 27.4. The minimum Gasteiger partial charge on any atom is -0.368 e. The lowest BCUT2D eigenvalue weighted by Gasteiger charge is -2.38. The molecule has 14 heavy (non-hydrogen) atoms. The number of amides is 1. The summed E-state index contributed by atoms with van der Waals surface area (Å²) in [6.07, 6.45) is 1.77. The van der Waals surface area contributed by atoms with Gasteiger partial charge in [0, 0.05) is 26.2 Å². The second-order valence-corrected chi connectivity index (χ2v) is 3.94. The molecule has 1 N–H and O–H groups in total. The molecule has 0 aromatic rings. The fourth-order valence-corrected chi connectivity index (χ4v) is 2.05. The van der Waals surface area contributed by atoms with Crippen molar-refractivity contribution in [1.29, 1.82) is 0 Å². The van der Waals surface area contributed by atoms with E-state index in [1.54, 1.807) is 0 Å². The summed E-state index contributed by atoms with van der Waals surface area (Å²) < 4.78 is 5.40. The van der Waals surface area contributed by atoms with Crippen molar-refractivity contribution in [2.75, 3.05) is 26.2 Å². The second kappa shape index (κ2) is 4.28. The Kier molecular flexibility index (Phi) is 3.03. The standard InChI is InChI=1S/C10H18N2O2/c1-2-12(8-6-11-7-8)10(13)9-4-3-5-14-9/h8-9,11H,2-7H2,1H3/t9-/m1/s1. The summed E-state index contributed by atoms with van der Waals surface area (Å²) in [6, 6.07) is 0.400. The van der Waals surface area contributed by atoms with Crippen molar-refractivity contribution in [3.63, 3.8) is 0 Å². The molecule has 80 valence electrons. The van der Waals surface area contributed by atoms with Crippen LogP contribution < -0.4 is 5.32 Å². The first-order valence-corrected chi connectivity index (χ1v) is 5.45. The van der Waals surface area contributed by atoms with Crippen LogP contribution in [0.2, 0.25) is 0 Å². The summed E-state index contributed by atoms with van der Waals surface area (Å²) in [4.78, 5) is 13.9. The summed E-state index contributed by atoms with van der Waals surface area (Å²) in [6.45, 7) is 5.45. The number of nitrogens with zero attached hydrogens (tertiary/aromatic N) is 1. The van der Waals surface area contributed by atoms with Gasteiger partial charge in [0.25, 0.3) is 5.91 Å². The van der Waals surface area contributed by atoms with Crippen LogP contribution in [0.1, 0.15) is 19.8 Å². The molecule has 0 saturated carbocycles.